The molecule has 1 aliphatic rings. The minimum atomic E-state index is -0.170. The number of hydrogen-bond donors (Lipinski definition) is 1. The van der Waals surface area contributed by atoms with Gasteiger partial charge in [0.25, 0.3) is 5.91 Å². The van der Waals surface area contributed by atoms with E-state index >= 15 is 0 Å². The predicted octanol–water partition coefficient (Wildman–Crippen LogP) is 4.34. The Bertz CT molecular complexity index is 779. The first-order valence-electron chi connectivity index (χ1n) is 8.58. The van der Waals surface area contributed by atoms with Gasteiger partial charge in [-0.15, -0.1) is 0 Å². The molecule has 130 valence electrons. The zero-order chi connectivity index (χ0) is 17.9. The lowest BCUT2D eigenvalue weighted by Gasteiger charge is -2.40. The van der Waals surface area contributed by atoms with Gasteiger partial charge >= 0.3 is 0 Å². The number of nitrogens with zero attached hydrogens (tertiary/aromatic N) is 1. The molecule has 0 unspecified atom stereocenters. The molecule has 3 rings (SSSR count). The fourth-order valence-corrected chi connectivity index (χ4v) is 3.00. The highest BCUT2D eigenvalue weighted by Gasteiger charge is 2.31. The van der Waals surface area contributed by atoms with Gasteiger partial charge in [-0.1, -0.05) is 24.3 Å². The number of carbonyl (C=O) groups is 1. The number of anilines is 2. The van der Waals surface area contributed by atoms with Crippen molar-refractivity contribution in [2.24, 2.45) is 0 Å². The molecule has 1 aliphatic heterocycles. The van der Waals surface area contributed by atoms with Gasteiger partial charge in [-0.05, 0) is 56.7 Å². The largest absolute Gasteiger partial charge is 0.494 e. The van der Waals surface area contributed by atoms with Crippen LogP contribution in [0.5, 0.6) is 5.75 Å². The van der Waals surface area contributed by atoms with E-state index in [2.05, 4.69) is 19.2 Å². The van der Waals surface area contributed by atoms with Crippen LogP contribution < -0.4 is 15.0 Å². The van der Waals surface area contributed by atoms with Crippen LogP contribution in [0.2, 0.25) is 0 Å². The van der Waals surface area contributed by atoms with E-state index in [1.54, 1.807) is 6.08 Å². The summed E-state index contributed by atoms with van der Waals surface area (Å²) in [7, 11) is 0. The fraction of sp³-hybridized carbons (Fsp3) is 0.286. The lowest BCUT2D eigenvalue weighted by atomic mass is 9.99. The third-order valence-corrected chi connectivity index (χ3v) is 4.10. The van der Waals surface area contributed by atoms with E-state index in [4.69, 9.17) is 4.74 Å². The number of hydrogen-bond acceptors (Lipinski definition) is 3. The molecule has 0 saturated carbocycles. The van der Waals surface area contributed by atoms with E-state index in [9.17, 15) is 4.79 Å². The molecule has 0 atom stereocenters. The van der Waals surface area contributed by atoms with Crippen molar-refractivity contribution in [3.05, 3.63) is 60.2 Å². The molecule has 0 bridgehead atoms. The van der Waals surface area contributed by atoms with Crippen molar-refractivity contribution in [1.29, 1.82) is 0 Å². The van der Waals surface area contributed by atoms with Crippen molar-refractivity contribution in [3.8, 4) is 5.75 Å². The van der Waals surface area contributed by atoms with E-state index in [-0.39, 0.29) is 11.4 Å². The van der Waals surface area contributed by atoms with Gasteiger partial charge in [-0.25, -0.2) is 0 Å². The summed E-state index contributed by atoms with van der Waals surface area (Å²) < 4.78 is 5.44. The van der Waals surface area contributed by atoms with Crippen molar-refractivity contribution in [3.63, 3.8) is 0 Å². The molecule has 1 heterocycles. The number of ether oxygens (including phenoxy) is 1. The number of amides is 1. The van der Waals surface area contributed by atoms with Gasteiger partial charge in [-0.3, -0.25) is 4.79 Å². The highest BCUT2D eigenvalue weighted by Crippen LogP contribution is 2.34. The molecule has 0 spiro atoms. The fourth-order valence-electron chi connectivity index (χ4n) is 3.00. The van der Waals surface area contributed by atoms with Gasteiger partial charge in [0, 0.05) is 18.2 Å². The molecule has 0 aliphatic carbocycles. The van der Waals surface area contributed by atoms with E-state index in [1.807, 2.05) is 66.4 Å². The Balaban J connectivity index is 1.78. The number of benzene rings is 2. The number of nitrogens with one attached hydrogen (secondary N) is 1. The zero-order valence-electron chi connectivity index (χ0n) is 15.0. The van der Waals surface area contributed by atoms with E-state index in [1.165, 1.54) is 0 Å². The van der Waals surface area contributed by atoms with Crippen LogP contribution in [-0.4, -0.2) is 24.6 Å². The summed E-state index contributed by atoms with van der Waals surface area (Å²) in [5.74, 6) is 0.819. The highest BCUT2D eigenvalue weighted by molar-refractivity contribution is 6.06. The minimum Gasteiger partial charge on any atom is -0.494 e. The molecule has 4 heteroatoms. The van der Waals surface area contributed by atoms with E-state index < -0.39 is 0 Å². The standard InChI is InChI=1S/C21H24N2O2/c1-4-25-17-12-9-16(10-13-17)11-14-20(24)23-15-21(2,3)22-18-7-5-6-8-19(18)23/h5-14,22H,4,15H2,1-3H3/b14-11+. The molecule has 0 fully saturated rings. The van der Waals surface area contributed by atoms with E-state index in [0.717, 1.165) is 22.7 Å². The summed E-state index contributed by atoms with van der Waals surface area (Å²) in [5, 5.41) is 3.48. The molecule has 2 aromatic rings. The molecule has 0 saturated heterocycles. The summed E-state index contributed by atoms with van der Waals surface area (Å²) in [6, 6.07) is 15.6. The summed E-state index contributed by atoms with van der Waals surface area (Å²) in [4.78, 5) is 14.6. The van der Waals surface area contributed by atoms with Crippen molar-refractivity contribution in [2.45, 2.75) is 26.3 Å². The number of fused-ring (bicyclic) bond motifs is 1. The molecule has 25 heavy (non-hydrogen) atoms. The molecule has 0 radical (unpaired) electrons. The number of rotatable bonds is 4. The summed E-state index contributed by atoms with van der Waals surface area (Å²) >= 11 is 0. The van der Waals surface area contributed by atoms with Gasteiger partial charge in [0.15, 0.2) is 0 Å². The zero-order valence-corrected chi connectivity index (χ0v) is 15.0. The third kappa shape index (κ3) is 4.02. The van der Waals surface area contributed by atoms with Gasteiger partial charge in [0.05, 0.1) is 18.0 Å². The Labute approximate surface area is 149 Å². The smallest absolute Gasteiger partial charge is 0.251 e. The van der Waals surface area contributed by atoms with Crippen LogP contribution in [0, 0.1) is 0 Å². The van der Waals surface area contributed by atoms with Crippen molar-refractivity contribution in [2.75, 3.05) is 23.4 Å². The van der Waals surface area contributed by atoms with Crippen LogP contribution in [0.3, 0.4) is 0 Å². The van der Waals surface area contributed by atoms with Crippen molar-refractivity contribution < 1.29 is 9.53 Å². The SMILES string of the molecule is CCOc1ccc(/C=C/C(=O)N2CC(C)(C)Nc3ccccc32)cc1. The summed E-state index contributed by atoms with van der Waals surface area (Å²) in [6.45, 7) is 7.42. The number of carbonyl (C=O) groups excluding carboxylic acids is 1. The quantitative estimate of drug-likeness (QED) is 0.845. The Morgan fingerprint density at radius 3 is 2.64 bits per heavy atom. The lowest BCUT2D eigenvalue weighted by molar-refractivity contribution is -0.114. The monoisotopic (exact) mass is 336 g/mol. The molecule has 4 nitrogen and oxygen atoms in total. The summed E-state index contributed by atoms with van der Waals surface area (Å²) in [5.41, 5.74) is 2.71. The Morgan fingerprint density at radius 1 is 1.20 bits per heavy atom. The molecular formula is C21H24N2O2. The molecule has 2 aromatic carbocycles. The predicted molar refractivity (Wildman–Crippen MR) is 103 cm³/mol. The molecular weight excluding hydrogens is 312 g/mol. The Hall–Kier alpha value is -2.75. The van der Waals surface area contributed by atoms with Crippen LogP contribution in [0.25, 0.3) is 6.08 Å². The maximum absolute atomic E-state index is 12.8. The normalized spacial score (nSPS) is 15.6. The van der Waals surface area contributed by atoms with Crippen LogP contribution in [0.15, 0.2) is 54.6 Å². The van der Waals surface area contributed by atoms with Crippen LogP contribution in [-0.2, 0) is 4.79 Å². The van der Waals surface area contributed by atoms with Crippen molar-refractivity contribution in [1.82, 2.24) is 0 Å². The topological polar surface area (TPSA) is 41.6 Å². The second-order valence-electron chi connectivity index (χ2n) is 6.79. The van der Waals surface area contributed by atoms with Crippen LogP contribution in [0.4, 0.5) is 11.4 Å². The van der Waals surface area contributed by atoms with Crippen LogP contribution in [0.1, 0.15) is 26.3 Å². The lowest BCUT2D eigenvalue weighted by Crippen LogP contribution is -2.50. The Kier molecular flexibility index (Phi) is 4.79. The van der Waals surface area contributed by atoms with Gasteiger partial charge in [-0.2, -0.15) is 0 Å². The van der Waals surface area contributed by atoms with Gasteiger partial charge in [0.1, 0.15) is 5.75 Å². The first kappa shape index (κ1) is 17.1. The van der Waals surface area contributed by atoms with Gasteiger partial charge in [0.2, 0.25) is 0 Å². The van der Waals surface area contributed by atoms with E-state index in [0.29, 0.717) is 13.2 Å². The maximum atomic E-state index is 12.8. The Morgan fingerprint density at radius 2 is 1.92 bits per heavy atom. The minimum absolute atomic E-state index is 0.0177. The van der Waals surface area contributed by atoms with Gasteiger partial charge < -0.3 is 15.0 Å². The third-order valence-electron chi connectivity index (χ3n) is 4.10. The second-order valence-corrected chi connectivity index (χ2v) is 6.79. The molecule has 1 amide bonds. The first-order chi connectivity index (χ1) is 12.0. The van der Waals surface area contributed by atoms with Crippen molar-refractivity contribution >= 4 is 23.4 Å². The average molecular weight is 336 g/mol. The average Bonchev–Trinajstić information content (AvgIpc) is 2.59. The molecule has 0 aromatic heterocycles. The van der Waals surface area contributed by atoms with Crippen LogP contribution >= 0.6 is 0 Å². The molecule has 1 N–H and O–H groups in total. The highest BCUT2D eigenvalue weighted by atomic mass is 16.5. The maximum Gasteiger partial charge on any atom is 0.251 e. The second kappa shape index (κ2) is 7.01. The number of para-hydroxylation sites is 2. The first-order valence-corrected chi connectivity index (χ1v) is 8.58. The summed E-state index contributed by atoms with van der Waals surface area (Å²) in [6.07, 6.45) is 3.48.